The predicted octanol–water partition coefficient (Wildman–Crippen LogP) is 1.24. The Labute approximate surface area is 97.9 Å². The summed E-state index contributed by atoms with van der Waals surface area (Å²) >= 11 is 0. The van der Waals surface area contributed by atoms with Crippen LogP contribution in [-0.2, 0) is 4.74 Å². The van der Waals surface area contributed by atoms with E-state index in [1.807, 2.05) is 4.90 Å². The van der Waals surface area contributed by atoms with Gasteiger partial charge in [0.2, 0.25) is 0 Å². The Morgan fingerprint density at radius 2 is 2.06 bits per heavy atom. The zero-order chi connectivity index (χ0) is 12.3. The van der Waals surface area contributed by atoms with E-state index in [9.17, 15) is 14.9 Å². The lowest BCUT2D eigenvalue weighted by atomic mass is 10.1. The van der Waals surface area contributed by atoms with E-state index >= 15 is 0 Å². The van der Waals surface area contributed by atoms with Gasteiger partial charge in [-0.3, -0.25) is 14.9 Å². The molecule has 1 aromatic rings. The van der Waals surface area contributed by atoms with Gasteiger partial charge in [0.05, 0.1) is 23.7 Å². The highest BCUT2D eigenvalue weighted by atomic mass is 16.6. The van der Waals surface area contributed by atoms with Crippen LogP contribution in [0.1, 0.15) is 10.4 Å². The van der Waals surface area contributed by atoms with Crippen LogP contribution in [0.5, 0.6) is 0 Å². The zero-order valence-corrected chi connectivity index (χ0v) is 9.17. The molecule has 0 bridgehead atoms. The maximum Gasteiger partial charge on any atom is 0.302 e. The monoisotopic (exact) mass is 236 g/mol. The Balaban J connectivity index is 2.44. The highest BCUT2D eigenvalue weighted by molar-refractivity contribution is 5.86. The number of benzene rings is 1. The number of carbonyl (C=O) groups is 1. The van der Waals surface area contributed by atoms with Crippen molar-refractivity contribution in [2.45, 2.75) is 0 Å². The number of nitrogens with zero attached hydrogens (tertiary/aromatic N) is 2. The largest absolute Gasteiger partial charge is 0.378 e. The summed E-state index contributed by atoms with van der Waals surface area (Å²) in [5.74, 6) is 0. The molecule has 0 atom stereocenters. The molecule has 17 heavy (non-hydrogen) atoms. The van der Waals surface area contributed by atoms with Crippen LogP contribution in [0.3, 0.4) is 0 Å². The summed E-state index contributed by atoms with van der Waals surface area (Å²) in [6, 6.07) is 4.77. The molecule has 1 fully saturated rings. The van der Waals surface area contributed by atoms with Crippen molar-refractivity contribution < 1.29 is 14.5 Å². The number of hydrogen-bond acceptors (Lipinski definition) is 5. The lowest BCUT2D eigenvalue weighted by Gasteiger charge is -2.28. The number of ether oxygens (including phenoxy) is 1. The van der Waals surface area contributed by atoms with E-state index in [1.54, 1.807) is 12.1 Å². The molecule has 6 heteroatoms. The minimum atomic E-state index is -0.505. The minimum Gasteiger partial charge on any atom is -0.378 e. The average molecular weight is 236 g/mol. The quantitative estimate of drug-likeness (QED) is 0.448. The van der Waals surface area contributed by atoms with E-state index in [4.69, 9.17) is 4.74 Å². The van der Waals surface area contributed by atoms with E-state index in [1.165, 1.54) is 6.07 Å². The standard InChI is InChI=1S/C11H12N2O4/c14-8-9-2-1-3-10(11(9)13(15)16)12-4-6-17-7-5-12/h1-3,8H,4-7H2. The summed E-state index contributed by atoms with van der Waals surface area (Å²) in [6.45, 7) is 2.29. The third-order valence-corrected chi connectivity index (χ3v) is 2.71. The van der Waals surface area contributed by atoms with Gasteiger partial charge in [-0.15, -0.1) is 0 Å². The third-order valence-electron chi connectivity index (χ3n) is 2.71. The summed E-state index contributed by atoms with van der Waals surface area (Å²) in [5.41, 5.74) is 0.478. The van der Waals surface area contributed by atoms with Crippen molar-refractivity contribution in [1.29, 1.82) is 0 Å². The fourth-order valence-corrected chi connectivity index (χ4v) is 1.90. The molecule has 0 saturated carbocycles. The molecule has 0 aliphatic carbocycles. The van der Waals surface area contributed by atoms with Gasteiger partial charge in [0.25, 0.3) is 0 Å². The molecule has 0 spiro atoms. The first-order valence-corrected chi connectivity index (χ1v) is 5.29. The molecule has 1 saturated heterocycles. The number of hydrogen-bond donors (Lipinski definition) is 0. The van der Waals surface area contributed by atoms with E-state index in [0.717, 1.165) is 0 Å². The molecule has 0 radical (unpaired) electrons. The van der Waals surface area contributed by atoms with Crippen LogP contribution in [0.25, 0.3) is 0 Å². The second-order valence-electron chi connectivity index (χ2n) is 3.69. The van der Waals surface area contributed by atoms with Gasteiger partial charge in [-0.25, -0.2) is 0 Å². The maximum absolute atomic E-state index is 11.0. The van der Waals surface area contributed by atoms with E-state index in [0.29, 0.717) is 38.3 Å². The Morgan fingerprint density at radius 3 is 2.65 bits per heavy atom. The van der Waals surface area contributed by atoms with Crippen LogP contribution in [0.2, 0.25) is 0 Å². The summed E-state index contributed by atoms with van der Waals surface area (Å²) < 4.78 is 5.20. The van der Waals surface area contributed by atoms with Crippen LogP contribution in [0.15, 0.2) is 18.2 Å². The number of nitro groups is 1. The molecule has 1 heterocycles. The van der Waals surface area contributed by atoms with Gasteiger partial charge in [-0.2, -0.15) is 0 Å². The number of nitro benzene ring substituents is 1. The summed E-state index contributed by atoms with van der Waals surface area (Å²) in [4.78, 5) is 23.2. The fourth-order valence-electron chi connectivity index (χ4n) is 1.90. The van der Waals surface area contributed by atoms with Crippen LogP contribution in [0, 0.1) is 10.1 Å². The normalized spacial score (nSPS) is 15.6. The van der Waals surface area contributed by atoms with Crippen LogP contribution >= 0.6 is 0 Å². The lowest BCUT2D eigenvalue weighted by molar-refractivity contribution is -0.384. The number of morpholine rings is 1. The van der Waals surface area contributed by atoms with Gasteiger partial charge >= 0.3 is 5.69 Å². The van der Waals surface area contributed by atoms with E-state index in [-0.39, 0.29) is 11.3 Å². The van der Waals surface area contributed by atoms with Crippen LogP contribution < -0.4 is 4.90 Å². The molecular weight excluding hydrogens is 224 g/mol. The topological polar surface area (TPSA) is 72.7 Å². The van der Waals surface area contributed by atoms with Gasteiger partial charge in [-0.1, -0.05) is 6.07 Å². The Bertz CT molecular complexity index is 441. The SMILES string of the molecule is O=Cc1cccc(N2CCOCC2)c1[N+](=O)[O-]. The van der Waals surface area contributed by atoms with E-state index < -0.39 is 4.92 Å². The first-order valence-electron chi connectivity index (χ1n) is 5.29. The van der Waals surface area contributed by atoms with Crippen LogP contribution in [-0.4, -0.2) is 37.5 Å². The molecule has 0 N–H and O–H groups in total. The number of para-hydroxylation sites is 1. The van der Waals surface area contributed by atoms with Gasteiger partial charge in [-0.05, 0) is 12.1 Å². The second kappa shape index (κ2) is 4.92. The highest BCUT2D eigenvalue weighted by Crippen LogP contribution is 2.31. The van der Waals surface area contributed by atoms with Crippen molar-refractivity contribution in [2.75, 3.05) is 31.2 Å². The number of rotatable bonds is 3. The number of anilines is 1. The molecule has 90 valence electrons. The fraction of sp³-hybridized carbons (Fsp3) is 0.364. The predicted molar refractivity (Wildman–Crippen MR) is 61.5 cm³/mol. The van der Waals surface area contributed by atoms with Crippen molar-refractivity contribution in [2.24, 2.45) is 0 Å². The molecule has 2 rings (SSSR count). The Kier molecular flexibility index (Phi) is 3.34. The first-order chi connectivity index (χ1) is 8.24. The third kappa shape index (κ3) is 2.26. The van der Waals surface area contributed by atoms with Crippen molar-refractivity contribution in [3.05, 3.63) is 33.9 Å². The molecule has 6 nitrogen and oxygen atoms in total. The minimum absolute atomic E-state index is 0.110. The molecule has 1 aliphatic heterocycles. The molecular formula is C11H12N2O4. The van der Waals surface area contributed by atoms with Crippen molar-refractivity contribution in [3.8, 4) is 0 Å². The number of carbonyl (C=O) groups excluding carboxylic acids is 1. The molecule has 1 aromatic carbocycles. The molecule has 0 unspecified atom stereocenters. The average Bonchev–Trinajstić information content (AvgIpc) is 2.38. The van der Waals surface area contributed by atoms with Gasteiger partial charge in [0.15, 0.2) is 6.29 Å². The molecule has 0 amide bonds. The van der Waals surface area contributed by atoms with Crippen LogP contribution in [0.4, 0.5) is 11.4 Å². The first kappa shape index (κ1) is 11.5. The van der Waals surface area contributed by atoms with Crippen molar-refractivity contribution in [1.82, 2.24) is 0 Å². The zero-order valence-electron chi connectivity index (χ0n) is 9.17. The molecule has 1 aliphatic rings. The number of aldehydes is 1. The van der Waals surface area contributed by atoms with Gasteiger partial charge in [0.1, 0.15) is 5.69 Å². The van der Waals surface area contributed by atoms with Gasteiger partial charge < -0.3 is 9.64 Å². The lowest BCUT2D eigenvalue weighted by Crippen LogP contribution is -2.36. The Morgan fingerprint density at radius 1 is 1.35 bits per heavy atom. The summed E-state index contributed by atoms with van der Waals surface area (Å²) in [5, 5.41) is 11.0. The summed E-state index contributed by atoms with van der Waals surface area (Å²) in [7, 11) is 0. The molecule has 0 aromatic heterocycles. The van der Waals surface area contributed by atoms with E-state index in [2.05, 4.69) is 0 Å². The highest BCUT2D eigenvalue weighted by Gasteiger charge is 2.24. The van der Waals surface area contributed by atoms with Crippen molar-refractivity contribution >= 4 is 17.7 Å². The Hall–Kier alpha value is -1.95. The smallest absolute Gasteiger partial charge is 0.302 e. The van der Waals surface area contributed by atoms with Crippen molar-refractivity contribution in [3.63, 3.8) is 0 Å². The van der Waals surface area contributed by atoms with Gasteiger partial charge in [0, 0.05) is 13.1 Å². The maximum atomic E-state index is 11.0. The summed E-state index contributed by atoms with van der Waals surface area (Å²) in [6.07, 6.45) is 0.516. The second-order valence-corrected chi connectivity index (χ2v) is 3.69.